The topological polar surface area (TPSA) is 101 Å². The number of rotatable bonds is 7. The summed E-state index contributed by atoms with van der Waals surface area (Å²) in [7, 11) is 0. The Balaban J connectivity index is 1.71. The predicted molar refractivity (Wildman–Crippen MR) is 117 cm³/mol. The first-order chi connectivity index (χ1) is 14.8. The van der Waals surface area contributed by atoms with Crippen LogP contribution < -0.4 is 5.32 Å². The molecule has 2 heterocycles. The molecule has 2 aromatic rings. The van der Waals surface area contributed by atoms with Crippen LogP contribution in [0, 0.1) is 25.2 Å². The van der Waals surface area contributed by atoms with Gasteiger partial charge in [0.25, 0.3) is 0 Å². The molecule has 0 unspecified atom stereocenters. The molecule has 1 aliphatic heterocycles. The highest BCUT2D eigenvalue weighted by molar-refractivity contribution is 6.05. The number of esters is 1. The standard InChI is InChI=1S/C24H25N3O4/c1-5-8-27-14(2)9-18(16(27)4)10-19(12-25)24(30)31-13-22(28)17-6-7-21-20(11-17)15(3)23(29)26-21/h6-7,9-11,15H,5,8,13H2,1-4H3,(H,26,29)/b19-10+/t15-/m0/s1. The number of fused-ring (bicyclic) bond motifs is 1. The van der Waals surface area contributed by atoms with Crippen LogP contribution >= 0.6 is 0 Å². The lowest BCUT2D eigenvalue weighted by atomic mass is 9.99. The molecule has 7 nitrogen and oxygen atoms in total. The summed E-state index contributed by atoms with van der Waals surface area (Å²) in [6.45, 7) is 8.13. The molecule has 0 aliphatic carbocycles. The smallest absolute Gasteiger partial charge is 0.349 e. The van der Waals surface area contributed by atoms with Gasteiger partial charge in [0.1, 0.15) is 11.6 Å². The number of anilines is 1. The Hall–Kier alpha value is -3.66. The van der Waals surface area contributed by atoms with Crippen molar-refractivity contribution in [1.82, 2.24) is 4.57 Å². The number of ketones is 1. The van der Waals surface area contributed by atoms with Crippen LogP contribution in [-0.2, 0) is 20.9 Å². The van der Waals surface area contributed by atoms with Crippen molar-refractivity contribution in [3.05, 3.63) is 57.9 Å². The minimum atomic E-state index is -0.845. The van der Waals surface area contributed by atoms with Gasteiger partial charge in [-0.25, -0.2) is 4.79 Å². The summed E-state index contributed by atoms with van der Waals surface area (Å²) in [5.74, 6) is -1.71. The third kappa shape index (κ3) is 4.43. The normalized spacial score (nSPS) is 15.3. The van der Waals surface area contributed by atoms with Gasteiger partial charge in [-0.2, -0.15) is 5.26 Å². The Morgan fingerprint density at radius 2 is 2.03 bits per heavy atom. The second-order valence-corrected chi connectivity index (χ2v) is 7.66. The molecule has 7 heteroatoms. The zero-order valence-electron chi connectivity index (χ0n) is 18.1. The second-order valence-electron chi connectivity index (χ2n) is 7.66. The van der Waals surface area contributed by atoms with Crippen LogP contribution in [0.3, 0.4) is 0 Å². The molecule has 1 aliphatic rings. The fourth-order valence-electron chi connectivity index (χ4n) is 3.72. The molecule has 0 fully saturated rings. The van der Waals surface area contributed by atoms with E-state index in [9.17, 15) is 19.6 Å². The van der Waals surface area contributed by atoms with Crippen molar-refractivity contribution in [2.75, 3.05) is 11.9 Å². The summed E-state index contributed by atoms with van der Waals surface area (Å²) >= 11 is 0. The second kappa shape index (κ2) is 9.00. The molecule has 0 saturated heterocycles. The molecular formula is C24H25N3O4. The van der Waals surface area contributed by atoms with Gasteiger partial charge in [-0.05, 0) is 68.7 Å². The highest BCUT2D eigenvalue weighted by Crippen LogP contribution is 2.32. The van der Waals surface area contributed by atoms with E-state index in [2.05, 4.69) is 16.8 Å². The Kier molecular flexibility index (Phi) is 6.40. The highest BCUT2D eigenvalue weighted by Gasteiger charge is 2.27. The number of Topliss-reactive ketones (excluding diaryl/α,β-unsaturated/α-hetero) is 1. The summed E-state index contributed by atoms with van der Waals surface area (Å²) in [5.41, 5.74) is 4.39. The van der Waals surface area contributed by atoms with Crippen molar-refractivity contribution in [1.29, 1.82) is 5.26 Å². The molecule has 0 spiro atoms. The number of nitrogens with zero attached hydrogens (tertiary/aromatic N) is 2. The van der Waals surface area contributed by atoms with E-state index in [1.807, 2.05) is 26.0 Å². The number of ether oxygens (including phenoxy) is 1. The van der Waals surface area contributed by atoms with Gasteiger partial charge >= 0.3 is 5.97 Å². The van der Waals surface area contributed by atoms with Crippen LogP contribution in [0.15, 0.2) is 29.8 Å². The minimum Gasteiger partial charge on any atom is -0.453 e. The van der Waals surface area contributed by atoms with Crippen LogP contribution in [0.25, 0.3) is 6.08 Å². The van der Waals surface area contributed by atoms with Crippen molar-refractivity contribution >= 4 is 29.4 Å². The number of nitriles is 1. The average molecular weight is 419 g/mol. The van der Waals surface area contributed by atoms with Gasteiger partial charge in [0.15, 0.2) is 12.4 Å². The van der Waals surface area contributed by atoms with Crippen LogP contribution in [0.4, 0.5) is 5.69 Å². The number of benzene rings is 1. The number of nitrogens with one attached hydrogen (secondary N) is 1. The van der Waals surface area contributed by atoms with Crippen molar-refractivity contribution in [2.45, 2.75) is 46.6 Å². The van der Waals surface area contributed by atoms with E-state index in [4.69, 9.17) is 4.74 Å². The average Bonchev–Trinajstić information content (AvgIpc) is 3.19. The first-order valence-electron chi connectivity index (χ1n) is 10.2. The molecule has 1 amide bonds. The van der Waals surface area contributed by atoms with Crippen molar-refractivity contribution < 1.29 is 19.1 Å². The minimum absolute atomic E-state index is 0.117. The maximum Gasteiger partial charge on any atom is 0.349 e. The monoisotopic (exact) mass is 419 g/mol. The van der Waals surface area contributed by atoms with Crippen LogP contribution in [0.1, 0.15) is 59.1 Å². The summed E-state index contributed by atoms with van der Waals surface area (Å²) in [6.07, 6.45) is 2.47. The Morgan fingerprint density at radius 3 is 2.71 bits per heavy atom. The third-order valence-corrected chi connectivity index (χ3v) is 5.53. The maximum atomic E-state index is 12.5. The molecule has 1 atom stereocenters. The van der Waals surface area contributed by atoms with E-state index in [0.29, 0.717) is 11.3 Å². The number of aromatic nitrogens is 1. The van der Waals surface area contributed by atoms with E-state index < -0.39 is 18.4 Å². The summed E-state index contributed by atoms with van der Waals surface area (Å²) in [5, 5.41) is 12.2. The van der Waals surface area contributed by atoms with Crippen LogP contribution in [-0.4, -0.2) is 28.8 Å². The summed E-state index contributed by atoms with van der Waals surface area (Å²) in [6, 6.07) is 8.67. The number of carbonyl (C=O) groups excluding carboxylic acids is 3. The van der Waals surface area contributed by atoms with Crippen LogP contribution in [0.5, 0.6) is 0 Å². The first-order valence-corrected chi connectivity index (χ1v) is 10.2. The van der Waals surface area contributed by atoms with Crippen molar-refractivity contribution in [3.8, 4) is 6.07 Å². The van der Waals surface area contributed by atoms with Gasteiger partial charge in [0, 0.05) is 29.2 Å². The highest BCUT2D eigenvalue weighted by atomic mass is 16.5. The SMILES string of the molecule is CCCn1c(C)cc(/C=C(\C#N)C(=O)OCC(=O)c2ccc3c(c2)[C@H](C)C(=O)N3)c1C. The Labute approximate surface area is 181 Å². The lowest BCUT2D eigenvalue weighted by Crippen LogP contribution is -2.15. The zero-order valence-corrected chi connectivity index (χ0v) is 18.1. The first kappa shape index (κ1) is 22.0. The van der Waals surface area contributed by atoms with Gasteiger partial charge < -0.3 is 14.6 Å². The quantitative estimate of drug-likeness (QED) is 0.317. The molecule has 0 radical (unpaired) electrons. The Bertz CT molecular complexity index is 1130. The lowest BCUT2D eigenvalue weighted by molar-refractivity contribution is -0.137. The van der Waals surface area contributed by atoms with E-state index in [1.54, 1.807) is 25.1 Å². The lowest BCUT2D eigenvalue weighted by Gasteiger charge is -2.07. The molecule has 31 heavy (non-hydrogen) atoms. The Morgan fingerprint density at radius 1 is 1.29 bits per heavy atom. The van der Waals surface area contributed by atoms with Crippen molar-refractivity contribution in [3.63, 3.8) is 0 Å². The third-order valence-electron chi connectivity index (χ3n) is 5.53. The molecule has 1 N–H and O–H groups in total. The van der Waals surface area contributed by atoms with Gasteiger partial charge in [0.2, 0.25) is 5.91 Å². The van der Waals surface area contributed by atoms with E-state index in [1.165, 1.54) is 6.08 Å². The number of hydrogen-bond donors (Lipinski definition) is 1. The number of carbonyl (C=O) groups is 3. The molecule has 3 rings (SSSR count). The summed E-state index contributed by atoms with van der Waals surface area (Å²) in [4.78, 5) is 36.7. The molecule has 160 valence electrons. The number of amides is 1. The fourth-order valence-corrected chi connectivity index (χ4v) is 3.72. The predicted octanol–water partition coefficient (Wildman–Crippen LogP) is 3.90. The number of hydrogen-bond acceptors (Lipinski definition) is 5. The van der Waals surface area contributed by atoms with E-state index in [0.717, 1.165) is 35.5 Å². The van der Waals surface area contributed by atoms with E-state index >= 15 is 0 Å². The molecule has 0 bridgehead atoms. The van der Waals surface area contributed by atoms with Gasteiger partial charge in [-0.1, -0.05) is 6.92 Å². The largest absolute Gasteiger partial charge is 0.453 e. The fraction of sp³-hybridized carbons (Fsp3) is 0.333. The van der Waals surface area contributed by atoms with Crippen LogP contribution in [0.2, 0.25) is 0 Å². The molecule has 1 aromatic carbocycles. The summed E-state index contributed by atoms with van der Waals surface area (Å²) < 4.78 is 7.24. The number of aryl methyl sites for hydroxylation is 1. The van der Waals surface area contributed by atoms with Crippen molar-refractivity contribution in [2.24, 2.45) is 0 Å². The van der Waals surface area contributed by atoms with E-state index in [-0.39, 0.29) is 17.4 Å². The van der Waals surface area contributed by atoms with Gasteiger partial charge in [0.05, 0.1) is 5.92 Å². The zero-order chi connectivity index (χ0) is 22.7. The van der Waals surface area contributed by atoms with Gasteiger partial charge in [-0.3, -0.25) is 9.59 Å². The molecular weight excluding hydrogens is 394 g/mol. The molecule has 0 saturated carbocycles. The van der Waals surface area contributed by atoms with Gasteiger partial charge in [-0.15, -0.1) is 0 Å². The molecule has 1 aromatic heterocycles. The maximum absolute atomic E-state index is 12.5.